The summed E-state index contributed by atoms with van der Waals surface area (Å²) in [5, 5.41) is 3.00. The van der Waals surface area contributed by atoms with Crippen molar-refractivity contribution in [3.63, 3.8) is 0 Å². The fourth-order valence-electron chi connectivity index (χ4n) is 3.15. The molecule has 1 aromatic carbocycles. The van der Waals surface area contributed by atoms with Gasteiger partial charge >= 0.3 is 0 Å². The number of aromatic amines is 1. The molecule has 0 aliphatic carbocycles. The maximum Gasteiger partial charge on any atom is 0.253 e. The summed E-state index contributed by atoms with van der Waals surface area (Å²) < 4.78 is 0. The number of rotatable bonds is 3. The van der Waals surface area contributed by atoms with Crippen molar-refractivity contribution >= 4 is 5.91 Å². The minimum atomic E-state index is 0.000804. The van der Waals surface area contributed by atoms with Crippen LogP contribution < -0.4 is 5.32 Å². The van der Waals surface area contributed by atoms with Gasteiger partial charge in [-0.3, -0.25) is 9.78 Å². The van der Waals surface area contributed by atoms with Crippen LogP contribution in [0.1, 0.15) is 27.5 Å². The molecule has 4 heteroatoms. The van der Waals surface area contributed by atoms with Gasteiger partial charge in [-0.05, 0) is 30.2 Å². The van der Waals surface area contributed by atoms with Crippen molar-refractivity contribution in [2.45, 2.75) is 12.3 Å². The molecule has 1 amide bonds. The molecular formula is C19H17N3O. The van der Waals surface area contributed by atoms with Crippen LogP contribution >= 0.6 is 0 Å². The van der Waals surface area contributed by atoms with Gasteiger partial charge in [0.2, 0.25) is 0 Å². The second kappa shape index (κ2) is 5.72. The van der Waals surface area contributed by atoms with Crippen molar-refractivity contribution in [1.82, 2.24) is 15.3 Å². The summed E-state index contributed by atoms with van der Waals surface area (Å²) in [4.78, 5) is 19.7. The van der Waals surface area contributed by atoms with Crippen LogP contribution in [0.5, 0.6) is 0 Å². The number of benzene rings is 1. The number of carbonyl (C=O) groups is 1. The van der Waals surface area contributed by atoms with Crippen LogP contribution in [-0.2, 0) is 6.42 Å². The highest BCUT2D eigenvalue weighted by Crippen LogP contribution is 2.30. The van der Waals surface area contributed by atoms with E-state index in [9.17, 15) is 4.79 Å². The Labute approximate surface area is 134 Å². The molecule has 0 unspecified atom stereocenters. The third-order valence-electron chi connectivity index (χ3n) is 4.33. The highest BCUT2D eigenvalue weighted by molar-refractivity contribution is 5.98. The van der Waals surface area contributed by atoms with Gasteiger partial charge in [0.25, 0.3) is 5.91 Å². The molecule has 0 radical (unpaired) electrons. The Morgan fingerprint density at radius 1 is 1.09 bits per heavy atom. The topological polar surface area (TPSA) is 57.8 Å². The van der Waals surface area contributed by atoms with Gasteiger partial charge in [0, 0.05) is 41.8 Å². The fraction of sp³-hybridized carbons (Fsp3) is 0.158. The van der Waals surface area contributed by atoms with Crippen molar-refractivity contribution in [3.8, 4) is 11.3 Å². The zero-order valence-electron chi connectivity index (χ0n) is 12.6. The van der Waals surface area contributed by atoms with E-state index < -0.39 is 0 Å². The predicted octanol–water partition coefficient (Wildman–Crippen LogP) is 3.15. The summed E-state index contributed by atoms with van der Waals surface area (Å²) in [6.45, 7) is 0.664. The molecule has 0 spiro atoms. The Morgan fingerprint density at radius 2 is 1.87 bits per heavy atom. The summed E-state index contributed by atoms with van der Waals surface area (Å²) in [6, 6.07) is 16.2. The van der Waals surface area contributed by atoms with E-state index in [0.717, 1.165) is 28.9 Å². The number of aromatic nitrogens is 2. The van der Waals surface area contributed by atoms with Crippen LogP contribution in [0.15, 0.2) is 60.9 Å². The van der Waals surface area contributed by atoms with Gasteiger partial charge in [0.15, 0.2) is 0 Å². The lowest BCUT2D eigenvalue weighted by atomic mass is 9.91. The molecule has 23 heavy (non-hydrogen) atoms. The zero-order valence-corrected chi connectivity index (χ0v) is 12.6. The van der Waals surface area contributed by atoms with Crippen molar-refractivity contribution in [1.29, 1.82) is 0 Å². The quantitative estimate of drug-likeness (QED) is 0.781. The number of hydrogen-bond donors (Lipinski definition) is 2. The molecule has 3 heterocycles. The monoisotopic (exact) mass is 303 g/mol. The fourth-order valence-corrected chi connectivity index (χ4v) is 3.15. The molecule has 114 valence electrons. The molecule has 2 aromatic heterocycles. The van der Waals surface area contributed by atoms with Crippen LogP contribution in [0.2, 0.25) is 0 Å². The Kier molecular flexibility index (Phi) is 3.42. The van der Waals surface area contributed by atoms with E-state index in [1.807, 2.05) is 24.3 Å². The summed E-state index contributed by atoms with van der Waals surface area (Å²) in [7, 11) is 0. The number of H-pyrrole nitrogens is 1. The van der Waals surface area contributed by atoms with Gasteiger partial charge in [-0.2, -0.15) is 0 Å². The van der Waals surface area contributed by atoms with Crippen LogP contribution in [0.3, 0.4) is 0 Å². The average Bonchev–Trinajstić information content (AvgIpc) is 3.06. The lowest BCUT2D eigenvalue weighted by Crippen LogP contribution is -2.35. The first-order valence-corrected chi connectivity index (χ1v) is 7.76. The molecule has 1 atom stereocenters. The van der Waals surface area contributed by atoms with Crippen LogP contribution in [0.4, 0.5) is 0 Å². The molecule has 0 fully saturated rings. The van der Waals surface area contributed by atoms with E-state index in [0.29, 0.717) is 6.54 Å². The normalized spacial score (nSPS) is 16.7. The number of fused-ring (bicyclic) bond motifs is 1. The first kappa shape index (κ1) is 13.8. The summed E-state index contributed by atoms with van der Waals surface area (Å²) in [5.41, 5.74) is 5.07. The number of hydrogen-bond acceptors (Lipinski definition) is 2. The van der Waals surface area contributed by atoms with Gasteiger partial charge in [0.05, 0.1) is 5.56 Å². The number of pyridine rings is 1. The smallest absolute Gasteiger partial charge is 0.253 e. The summed E-state index contributed by atoms with van der Waals surface area (Å²) in [5.74, 6) is 0.265. The molecular weight excluding hydrogens is 286 g/mol. The molecule has 0 bridgehead atoms. The van der Waals surface area contributed by atoms with Gasteiger partial charge in [-0.25, -0.2) is 0 Å². The lowest BCUT2D eigenvalue weighted by Gasteiger charge is -2.23. The standard InChI is InChI=1S/C19H17N3O/c23-19-16-11-17(14-6-8-20-9-7-14)22-18(16)15(12-21-19)10-13-4-2-1-3-5-13/h1-9,11,15,22H,10,12H2,(H,21,23)/t15-/m0/s1. The van der Waals surface area contributed by atoms with Gasteiger partial charge in [0.1, 0.15) is 0 Å². The Hall–Kier alpha value is -2.88. The lowest BCUT2D eigenvalue weighted by molar-refractivity contribution is 0.0940. The van der Waals surface area contributed by atoms with Gasteiger partial charge < -0.3 is 10.3 Å². The van der Waals surface area contributed by atoms with Crippen molar-refractivity contribution in [2.24, 2.45) is 0 Å². The van der Waals surface area contributed by atoms with Gasteiger partial charge in [-0.15, -0.1) is 0 Å². The SMILES string of the molecule is O=C1NC[C@H](Cc2ccccc2)c2[nH]c(-c3ccncc3)cc21. The van der Waals surface area contributed by atoms with E-state index in [1.54, 1.807) is 12.4 Å². The van der Waals surface area contributed by atoms with Crippen LogP contribution in [-0.4, -0.2) is 22.4 Å². The Balaban J connectivity index is 1.70. The predicted molar refractivity (Wildman–Crippen MR) is 89.2 cm³/mol. The van der Waals surface area contributed by atoms with Crippen molar-refractivity contribution in [2.75, 3.05) is 6.54 Å². The minimum absolute atomic E-state index is 0.000804. The molecule has 4 nitrogen and oxygen atoms in total. The molecule has 0 saturated carbocycles. The maximum atomic E-state index is 12.2. The molecule has 0 saturated heterocycles. The summed E-state index contributed by atoms with van der Waals surface area (Å²) in [6.07, 6.45) is 4.43. The van der Waals surface area contributed by atoms with E-state index in [1.165, 1.54) is 5.56 Å². The molecule has 1 aliphatic heterocycles. The minimum Gasteiger partial charge on any atom is -0.357 e. The van der Waals surface area contributed by atoms with Gasteiger partial charge in [-0.1, -0.05) is 30.3 Å². The molecule has 3 aromatic rings. The second-order valence-electron chi connectivity index (χ2n) is 5.84. The van der Waals surface area contributed by atoms with Crippen molar-refractivity contribution in [3.05, 3.63) is 77.7 Å². The maximum absolute atomic E-state index is 12.2. The van der Waals surface area contributed by atoms with E-state index in [2.05, 4.69) is 39.6 Å². The zero-order chi connectivity index (χ0) is 15.6. The van der Waals surface area contributed by atoms with Crippen molar-refractivity contribution < 1.29 is 4.79 Å². The Morgan fingerprint density at radius 3 is 2.65 bits per heavy atom. The van der Waals surface area contributed by atoms with E-state index in [4.69, 9.17) is 0 Å². The summed E-state index contributed by atoms with van der Waals surface area (Å²) >= 11 is 0. The number of carbonyl (C=O) groups excluding carboxylic acids is 1. The van der Waals surface area contributed by atoms with E-state index >= 15 is 0 Å². The molecule has 1 aliphatic rings. The number of nitrogens with one attached hydrogen (secondary N) is 2. The number of nitrogens with zero attached hydrogens (tertiary/aromatic N) is 1. The Bertz CT molecular complexity index is 824. The van der Waals surface area contributed by atoms with E-state index in [-0.39, 0.29) is 11.8 Å². The second-order valence-corrected chi connectivity index (χ2v) is 5.84. The largest absolute Gasteiger partial charge is 0.357 e. The third-order valence-corrected chi connectivity index (χ3v) is 4.33. The molecule has 2 N–H and O–H groups in total. The first-order valence-electron chi connectivity index (χ1n) is 7.76. The van der Waals surface area contributed by atoms with Crippen LogP contribution in [0.25, 0.3) is 11.3 Å². The van der Waals surface area contributed by atoms with Crippen LogP contribution in [0, 0.1) is 0 Å². The number of amides is 1. The molecule has 4 rings (SSSR count). The first-order chi connectivity index (χ1) is 11.3. The average molecular weight is 303 g/mol. The third kappa shape index (κ3) is 2.63. The highest BCUT2D eigenvalue weighted by atomic mass is 16.1. The highest BCUT2D eigenvalue weighted by Gasteiger charge is 2.28.